The van der Waals surface area contributed by atoms with Crippen molar-refractivity contribution in [2.24, 2.45) is 0 Å². The quantitative estimate of drug-likeness (QED) is 0.629. The van der Waals surface area contributed by atoms with E-state index in [0.717, 1.165) is 24.9 Å². The van der Waals surface area contributed by atoms with Crippen LogP contribution in [0.25, 0.3) is 5.65 Å². The van der Waals surface area contributed by atoms with Gasteiger partial charge in [-0.3, -0.25) is 4.79 Å². The third-order valence-electron chi connectivity index (χ3n) is 5.38. The molecule has 0 unspecified atom stereocenters. The Morgan fingerprint density at radius 2 is 2.19 bits per heavy atom. The van der Waals surface area contributed by atoms with Crippen molar-refractivity contribution in [3.63, 3.8) is 0 Å². The first-order valence-electron chi connectivity index (χ1n) is 10.2. The zero-order valence-corrected chi connectivity index (χ0v) is 17.8. The van der Waals surface area contributed by atoms with Crippen molar-refractivity contribution in [1.29, 1.82) is 0 Å². The predicted molar refractivity (Wildman–Crippen MR) is 114 cm³/mol. The number of carbonyl (C=O) groups is 1. The van der Waals surface area contributed by atoms with Crippen LogP contribution in [0.15, 0.2) is 36.7 Å². The largest absolute Gasteiger partial charge is 0.496 e. The molecule has 1 saturated heterocycles. The summed E-state index contributed by atoms with van der Waals surface area (Å²) >= 11 is 0. The van der Waals surface area contributed by atoms with Gasteiger partial charge in [-0.1, -0.05) is 0 Å². The van der Waals surface area contributed by atoms with Gasteiger partial charge >= 0.3 is 0 Å². The Bertz CT molecular complexity index is 1110. The van der Waals surface area contributed by atoms with E-state index in [1.807, 2.05) is 6.07 Å². The molecular formula is C22H26FN5O3. The molecule has 2 N–H and O–H groups in total. The fourth-order valence-electron chi connectivity index (χ4n) is 3.90. The van der Waals surface area contributed by atoms with E-state index in [9.17, 15) is 14.3 Å². The van der Waals surface area contributed by atoms with Gasteiger partial charge in [0.15, 0.2) is 5.65 Å². The number of halogens is 1. The van der Waals surface area contributed by atoms with Gasteiger partial charge in [-0.05, 0) is 51.0 Å². The molecular weight excluding hydrogens is 401 g/mol. The van der Waals surface area contributed by atoms with Crippen LogP contribution in [-0.2, 0) is 0 Å². The molecule has 0 spiro atoms. The van der Waals surface area contributed by atoms with Crippen LogP contribution in [0.1, 0.15) is 48.7 Å². The Morgan fingerprint density at radius 3 is 2.94 bits per heavy atom. The monoisotopic (exact) mass is 427 g/mol. The van der Waals surface area contributed by atoms with Gasteiger partial charge in [-0.15, -0.1) is 0 Å². The topological polar surface area (TPSA) is 92.0 Å². The van der Waals surface area contributed by atoms with Crippen LogP contribution in [0.4, 0.5) is 10.2 Å². The number of anilines is 1. The Balaban J connectivity index is 1.67. The number of aromatic nitrogens is 3. The van der Waals surface area contributed by atoms with Gasteiger partial charge in [0.1, 0.15) is 22.9 Å². The molecule has 4 rings (SSSR count). The number of hydrogen-bond donors (Lipinski definition) is 2. The molecule has 8 nitrogen and oxygen atoms in total. The van der Waals surface area contributed by atoms with Crippen LogP contribution in [-0.4, -0.2) is 51.4 Å². The summed E-state index contributed by atoms with van der Waals surface area (Å²) in [6.45, 7) is 4.10. The lowest BCUT2D eigenvalue weighted by Crippen LogP contribution is -2.38. The minimum Gasteiger partial charge on any atom is -0.496 e. The molecule has 1 fully saturated rings. The first-order valence-corrected chi connectivity index (χ1v) is 10.2. The fourth-order valence-corrected chi connectivity index (χ4v) is 3.90. The number of hydrogen-bond acceptors (Lipinski definition) is 6. The summed E-state index contributed by atoms with van der Waals surface area (Å²) in [5, 5.41) is 16.8. The van der Waals surface area contributed by atoms with Gasteiger partial charge in [0.25, 0.3) is 5.91 Å². The summed E-state index contributed by atoms with van der Waals surface area (Å²) in [7, 11) is 1.57. The lowest BCUT2D eigenvalue weighted by atomic mass is 10.0. The van der Waals surface area contributed by atoms with Crippen molar-refractivity contribution >= 4 is 17.4 Å². The maximum Gasteiger partial charge on any atom is 0.256 e. The minimum atomic E-state index is -1.02. The number of methoxy groups -OCH3 is 1. The van der Waals surface area contributed by atoms with Gasteiger partial charge in [0, 0.05) is 24.8 Å². The normalized spacial score (nSPS) is 16.7. The van der Waals surface area contributed by atoms with Crippen LogP contribution in [0.3, 0.4) is 0 Å². The number of nitrogens with one attached hydrogen (secondary N) is 1. The van der Waals surface area contributed by atoms with Crippen molar-refractivity contribution in [2.45, 2.75) is 38.3 Å². The number of carbonyl (C=O) groups excluding carboxylic acids is 1. The van der Waals surface area contributed by atoms with Crippen LogP contribution in [0, 0.1) is 5.82 Å². The molecule has 1 amide bonds. The van der Waals surface area contributed by atoms with E-state index in [1.54, 1.807) is 33.2 Å². The summed E-state index contributed by atoms with van der Waals surface area (Å²) in [6, 6.07) is 6.28. The number of benzene rings is 1. The van der Waals surface area contributed by atoms with Gasteiger partial charge in [0.05, 0.1) is 24.9 Å². The second-order valence-electron chi connectivity index (χ2n) is 8.34. The smallest absolute Gasteiger partial charge is 0.256 e. The number of amides is 1. The lowest BCUT2D eigenvalue weighted by Gasteiger charge is -2.27. The number of nitrogens with zero attached hydrogens (tertiary/aromatic N) is 4. The highest BCUT2D eigenvalue weighted by Crippen LogP contribution is 2.39. The molecule has 3 heterocycles. The zero-order chi connectivity index (χ0) is 22.2. The molecule has 31 heavy (non-hydrogen) atoms. The first kappa shape index (κ1) is 21.0. The van der Waals surface area contributed by atoms with Gasteiger partial charge in [0.2, 0.25) is 0 Å². The van der Waals surface area contributed by atoms with E-state index in [2.05, 4.69) is 15.3 Å². The summed E-state index contributed by atoms with van der Waals surface area (Å²) in [5.41, 5.74) is 0.496. The van der Waals surface area contributed by atoms with E-state index in [0.29, 0.717) is 22.8 Å². The minimum absolute atomic E-state index is 0.0870. The van der Waals surface area contributed by atoms with Crippen LogP contribution >= 0.6 is 0 Å². The molecule has 2 aromatic heterocycles. The molecule has 1 aliphatic heterocycles. The van der Waals surface area contributed by atoms with E-state index in [1.165, 1.54) is 22.8 Å². The Kier molecular flexibility index (Phi) is 5.53. The number of aliphatic hydroxyl groups is 1. The van der Waals surface area contributed by atoms with Crippen LogP contribution in [0.5, 0.6) is 5.75 Å². The van der Waals surface area contributed by atoms with E-state index >= 15 is 0 Å². The highest BCUT2D eigenvalue weighted by atomic mass is 19.1. The Morgan fingerprint density at radius 1 is 1.39 bits per heavy atom. The predicted octanol–water partition coefficient (Wildman–Crippen LogP) is 2.72. The first-order chi connectivity index (χ1) is 14.8. The number of ether oxygens (including phenoxy) is 1. The molecule has 1 atom stereocenters. The standard InChI is InChI=1S/C22H26FN5O3/c1-22(2,30)13-24-21(29)16-12-25-28-10-8-19(26-20(16)28)27-9-4-5-17(27)15-11-14(23)6-7-18(15)31-3/h6-8,10-12,17,30H,4-5,9,13H2,1-3H3,(H,24,29)/t17-/m1/s1. The van der Waals surface area contributed by atoms with Crippen molar-refractivity contribution in [1.82, 2.24) is 19.9 Å². The molecule has 0 radical (unpaired) electrons. The highest BCUT2D eigenvalue weighted by Gasteiger charge is 2.30. The van der Waals surface area contributed by atoms with Gasteiger partial charge < -0.3 is 20.1 Å². The average Bonchev–Trinajstić information content (AvgIpc) is 3.38. The van der Waals surface area contributed by atoms with E-state index < -0.39 is 5.60 Å². The lowest BCUT2D eigenvalue weighted by molar-refractivity contribution is 0.0695. The van der Waals surface area contributed by atoms with Crippen molar-refractivity contribution in [3.8, 4) is 5.75 Å². The Labute approximate surface area is 179 Å². The third-order valence-corrected chi connectivity index (χ3v) is 5.38. The molecule has 9 heteroatoms. The molecule has 0 aliphatic carbocycles. The average molecular weight is 427 g/mol. The molecule has 1 aliphatic rings. The second-order valence-corrected chi connectivity index (χ2v) is 8.34. The van der Waals surface area contributed by atoms with Crippen LogP contribution in [0.2, 0.25) is 0 Å². The van der Waals surface area contributed by atoms with E-state index in [-0.39, 0.29) is 24.3 Å². The van der Waals surface area contributed by atoms with Crippen molar-refractivity contribution in [2.75, 3.05) is 25.1 Å². The maximum absolute atomic E-state index is 14.0. The summed E-state index contributed by atoms with van der Waals surface area (Å²) in [4.78, 5) is 19.4. The summed E-state index contributed by atoms with van der Waals surface area (Å²) in [6.07, 6.45) is 4.98. The second kappa shape index (κ2) is 8.14. The summed E-state index contributed by atoms with van der Waals surface area (Å²) < 4.78 is 21.0. The fraction of sp³-hybridized carbons (Fsp3) is 0.409. The summed E-state index contributed by atoms with van der Waals surface area (Å²) in [5.74, 6) is 0.646. The van der Waals surface area contributed by atoms with Crippen LogP contribution < -0.4 is 15.0 Å². The molecule has 164 valence electrons. The molecule has 0 saturated carbocycles. The highest BCUT2D eigenvalue weighted by molar-refractivity contribution is 5.99. The van der Waals surface area contributed by atoms with Gasteiger partial charge in [-0.2, -0.15) is 5.10 Å². The van der Waals surface area contributed by atoms with Crippen molar-refractivity contribution < 1.29 is 19.0 Å². The zero-order valence-electron chi connectivity index (χ0n) is 17.8. The maximum atomic E-state index is 14.0. The number of rotatable bonds is 6. The molecule has 3 aromatic rings. The SMILES string of the molecule is COc1ccc(F)cc1[C@H]1CCCN1c1ccn2ncc(C(=O)NCC(C)(C)O)c2n1. The Hall–Kier alpha value is -3.20. The van der Waals surface area contributed by atoms with Crippen molar-refractivity contribution in [3.05, 3.63) is 53.6 Å². The molecule has 1 aromatic carbocycles. The van der Waals surface area contributed by atoms with Gasteiger partial charge in [-0.25, -0.2) is 13.9 Å². The van der Waals surface area contributed by atoms with E-state index in [4.69, 9.17) is 9.72 Å². The molecule has 0 bridgehead atoms. The third kappa shape index (κ3) is 4.32. The number of fused-ring (bicyclic) bond motifs is 1.